The van der Waals surface area contributed by atoms with Crippen LogP contribution in [-0.4, -0.2) is 48.7 Å². The van der Waals surface area contributed by atoms with E-state index < -0.39 is 11.4 Å². The Hall–Kier alpha value is -2.14. The summed E-state index contributed by atoms with van der Waals surface area (Å²) in [6.07, 6.45) is 7.37. The Bertz CT molecular complexity index is 678. The summed E-state index contributed by atoms with van der Waals surface area (Å²) in [5, 5.41) is 9.62. The summed E-state index contributed by atoms with van der Waals surface area (Å²) in [5.41, 5.74) is 1.99. The van der Waals surface area contributed by atoms with Crippen LogP contribution in [0.25, 0.3) is 6.08 Å². The van der Waals surface area contributed by atoms with E-state index in [9.17, 15) is 14.7 Å². The van der Waals surface area contributed by atoms with Gasteiger partial charge in [-0.15, -0.1) is 0 Å². The molecule has 1 saturated heterocycles. The van der Waals surface area contributed by atoms with E-state index in [1.54, 1.807) is 4.90 Å². The number of hydrogen-bond donors (Lipinski definition) is 1. The normalized spacial score (nSPS) is 23.0. The average Bonchev–Trinajstić information content (AvgIpc) is 2.61. The first-order valence-electron chi connectivity index (χ1n) is 8.37. The minimum Gasteiger partial charge on any atom is -0.481 e. The van der Waals surface area contributed by atoms with Crippen molar-refractivity contribution in [2.45, 2.75) is 25.7 Å². The number of nitrogens with zero attached hydrogens (tertiary/aromatic N) is 1. The second-order valence-corrected chi connectivity index (χ2v) is 6.70. The van der Waals surface area contributed by atoms with E-state index >= 15 is 0 Å². The van der Waals surface area contributed by atoms with Crippen LogP contribution in [0.4, 0.5) is 0 Å². The number of ether oxygens (including phenoxy) is 1. The molecule has 1 heterocycles. The van der Waals surface area contributed by atoms with Crippen molar-refractivity contribution in [2.24, 2.45) is 5.41 Å². The van der Waals surface area contributed by atoms with Crippen molar-refractivity contribution < 1.29 is 19.4 Å². The minimum absolute atomic E-state index is 0.0891. The number of allylic oxidation sites excluding steroid dienone is 1. The van der Waals surface area contributed by atoms with Crippen LogP contribution in [0.1, 0.15) is 40.7 Å². The number of piperidine rings is 1. The Labute approximate surface area is 141 Å². The van der Waals surface area contributed by atoms with Gasteiger partial charge in [-0.2, -0.15) is 0 Å². The van der Waals surface area contributed by atoms with E-state index in [0.717, 1.165) is 18.4 Å². The number of aryl methyl sites for hydroxylation is 1. The zero-order chi connectivity index (χ0) is 17.2. The quantitative estimate of drug-likeness (QED) is 0.922. The molecular weight excluding hydrogens is 306 g/mol. The molecule has 128 valence electrons. The Morgan fingerprint density at radius 3 is 2.96 bits per heavy atom. The molecule has 0 aromatic heterocycles. The van der Waals surface area contributed by atoms with Crippen LogP contribution >= 0.6 is 0 Å². The van der Waals surface area contributed by atoms with Crippen molar-refractivity contribution in [3.8, 4) is 0 Å². The molecule has 0 saturated carbocycles. The van der Waals surface area contributed by atoms with Crippen molar-refractivity contribution in [3.05, 3.63) is 41.0 Å². The van der Waals surface area contributed by atoms with Gasteiger partial charge in [-0.3, -0.25) is 9.59 Å². The summed E-state index contributed by atoms with van der Waals surface area (Å²) in [4.78, 5) is 26.3. The third-order valence-corrected chi connectivity index (χ3v) is 5.01. The van der Waals surface area contributed by atoms with Gasteiger partial charge in [0.25, 0.3) is 5.91 Å². The number of methoxy groups -OCH3 is 1. The zero-order valence-electron chi connectivity index (χ0n) is 14.0. The standard InChI is InChI=1S/C19H23NO4/c1-24-13-19(18(22)23)9-4-10-20(12-19)17(21)16-8-7-14-5-2-3-6-15(14)11-16/h2,5,7-8,11H,3-4,6,9-10,12-13H2,1H3,(H,22,23). The van der Waals surface area contributed by atoms with Crippen LogP contribution < -0.4 is 0 Å². The highest BCUT2D eigenvalue weighted by Gasteiger charge is 2.44. The number of carboxylic acid groups (broad SMARTS) is 1. The molecule has 1 aromatic carbocycles. The van der Waals surface area contributed by atoms with Gasteiger partial charge in [-0.1, -0.05) is 18.2 Å². The molecule has 24 heavy (non-hydrogen) atoms. The first kappa shape index (κ1) is 16.7. The van der Waals surface area contributed by atoms with E-state index in [4.69, 9.17) is 4.74 Å². The van der Waals surface area contributed by atoms with Gasteiger partial charge in [0.1, 0.15) is 5.41 Å². The molecule has 1 N–H and O–H groups in total. The van der Waals surface area contributed by atoms with Crippen molar-refractivity contribution >= 4 is 18.0 Å². The lowest BCUT2D eigenvalue weighted by Gasteiger charge is -2.39. The lowest BCUT2D eigenvalue weighted by atomic mass is 9.80. The molecule has 1 atom stereocenters. The summed E-state index contributed by atoms with van der Waals surface area (Å²) >= 11 is 0. The summed E-state index contributed by atoms with van der Waals surface area (Å²) < 4.78 is 5.13. The maximum Gasteiger partial charge on any atom is 0.313 e. The topological polar surface area (TPSA) is 66.8 Å². The molecule has 1 amide bonds. The number of rotatable bonds is 4. The predicted octanol–water partition coefficient (Wildman–Crippen LogP) is 2.60. The monoisotopic (exact) mass is 329 g/mol. The van der Waals surface area contributed by atoms with Gasteiger partial charge < -0.3 is 14.7 Å². The predicted molar refractivity (Wildman–Crippen MR) is 90.9 cm³/mol. The lowest BCUT2D eigenvalue weighted by Crippen LogP contribution is -2.52. The Morgan fingerprint density at radius 1 is 1.38 bits per heavy atom. The van der Waals surface area contributed by atoms with E-state index in [0.29, 0.717) is 24.9 Å². The molecule has 1 fully saturated rings. The highest BCUT2D eigenvalue weighted by atomic mass is 16.5. The number of carboxylic acids is 1. The van der Waals surface area contributed by atoms with Crippen molar-refractivity contribution in [2.75, 3.05) is 26.8 Å². The van der Waals surface area contributed by atoms with Gasteiger partial charge in [0.2, 0.25) is 0 Å². The Morgan fingerprint density at radius 2 is 2.21 bits per heavy atom. The molecule has 0 radical (unpaired) electrons. The fraction of sp³-hybridized carbons (Fsp3) is 0.474. The number of likely N-dealkylation sites (tertiary alicyclic amines) is 1. The molecule has 5 nitrogen and oxygen atoms in total. The van der Waals surface area contributed by atoms with Gasteiger partial charge in [0, 0.05) is 25.8 Å². The smallest absolute Gasteiger partial charge is 0.313 e. The SMILES string of the molecule is COCC1(C(=O)O)CCCN(C(=O)c2ccc3c(c2)CCC=C3)C1. The number of carbonyl (C=O) groups excluding carboxylic acids is 1. The summed E-state index contributed by atoms with van der Waals surface area (Å²) in [6.45, 7) is 0.918. The van der Waals surface area contributed by atoms with Crippen molar-refractivity contribution in [1.82, 2.24) is 4.90 Å². The summed E-state index contributed by atoms with van der Waals surface area (Å²) in [5.74, 6) is -0.980. The third kappa shape index (κ3) is 3.08. The van der Waals surface area contributed by atoms with Crippen LogP contribution in [0.15, 0.2) is 24.3 Å². The maximum atomic E-state index is 12.9. The highest BCUT2D eigenvalue weighted by Crippen LogP contribution is 2.32. The number of benzene rings is 1. The molecule has 1 aromatic rings. The van der Waals surface area contributed by atoms with Gasteiger partial charge >= 0.3 is 5.97 Å². The number of hydrogen-bond acceptors (Lipinski definition) is 3. The second kappa shape index (κ2) is 6.77. The molecule has 1 unspecified atom stereocenters. The molecule has 0 spiro atoms. The largest absolute Gasteiger partial charge is 0.481 e. The van der Waals surface area contributed by atoms with Gasteiger partial charge in [-0.05, 0) is 48.9 Å². The molecule has 2 aliphatic rings. The highest BCUT2D eigenvalue weighted by molar-refractivity contribution is 5.95. The van der Waals surface area contributed by atoms with Crippen molar-refractivity contribution in [3.63, 3.8) is 0 Å². The fourth-order valence-electron chi connectivity index (χ4n) is 3.69. The zero-order valence-corrected chi connectivity index (χ0v) is 14.0. The second-order valence-electron chi connectivity index (χ2n) is 6.70. The van der Waals surface area contributed by atoms with Crippen LogP contribution in [0.3, 0.4) is 0 Å². The summed E-state index contributed by atoms with van der Waals surface area (Å²) in [6, 6.07) is 5.76. The van der Waals surface area contributed by atoms with E-state index in [1.807, 2.05) is 18.2 Å². The van der Waals surface area contributed by atoms with Gasteiger partial charge in [0.15, 0.2) is 0 Å². The number of aliphatic carboxylic acids is 1. The number of carbonyl (C=O) groups is 2. The molecule has 3 rings (SSSR count). The lowest BCUT2D eigenvalue weighted by molar-refractivity contribution is -0.155. The third-order valence-electron chi connectivity index (χ3n) is 5.01. The van der Waals surface area contributed by atoms with E-state index in [2.05, 4.69) is 12.2 Å². The molecule has 5 heteroatoms. The van der Waals surface area contributed by atoms with Crippen LogP contribution in [0.5, 0.6) is 0 Å². The number of amides is 1. The minimum atomic E-state index is -1.00. The van der Waals surface area contributed by atoms with Crippen LogP contribution in [0, 0.1) is 5.41 Å². The van der Waals surface area contributed by atoms with E-state index in [-0.39, 0.29) is 19.1 Å². The average molecular weight is 329 g/mol. The first-order chi connectivity index (χ1) is 11.6. The van der Waals surface area contributed by atoms with Crippen LogP contribution in [-0.2, 0) is 16.0 Å². The molecule has 0 bridgehead atoms. The number of fused-ring (bicyclic) bond motifs is 1. The van der Waals surface area contributed by atoms with Gasteiger partial charge in [0.05, 0.1) is 6.61 Å². The summed E-state index contributed by atoms with van der Waals surface area (Å²) in [7, 11) is 1.50. The van der Waals surface area contributed by atoms with E-state index in [1.165, 1.54) is 12.7 Å². The Kier molecular flexibility index (Phi) is 4.71. The molecular formula is C19H23NO4. The Balaban J connectivity index is 1.82. The van der Waals surface area contributed by atoms with Crippen LogP contribution in [0.2, 0.25) is 0 Å². The maximum absolute atomic E-state index is 12.9. The molecule has 1 aliphatic heterocycles. The first-order valence-corrected chi connectivity index (χ1v) is 8.37. The van der Waals surface area contributed by atoms with Gasteiger partial charge in [-0.25, -0.2) is 0 Å². The fourth-order valence-corrected chi connectivity index (χ4v) is 3.69. The molecule has 1 aliphatic carbocycles. The van der Waals surface area contributed by atoms with Crippen molar-refractivity contribution in [1.29, 1.82) is 0 Å².